The predicted octanol–water partition coefficient (Wildman–Crippen LogP) is 0.836. The molecule has 0 aromatic heterocycles. The predicted molar refractivity (Wildman–Crippen MR) is 60.5 cm³/mol. The summed E-state index contributed by atoms with van der Waals surface area (Å²) in [6.45, 7) is 1.68. The minimum absolute atomic E-state index is 0.00590. The molecule has 0 aliphatic rings. The van der Waals surface area contributed by atoms with Crippen LogP contribution < -0.4 is 0 Å². The normalized spacial score (nSPS) is 10.9. The maximum absolute atomic E-state index is 11.5. The van der Waals surface area contributed by atoms with Gasteiger partial charge in [-0.2, -0.15) is 0 Å². The lowest BCUT2D eigenvalue weighted by molar-refractivity contribution is -0.137. The van der Waals surface area contributed by atoms with Gasteiger partial charge in [0.15, 0.2) is 9.84 Å². The van der Waals surface area contributed by atoms with E-state index in [4.69, 9.17) is 0 Å². The van der Waals surface area contributed by atoms with Crippen molar-refractivity contribution < 1.29 is 22.7 Å². The van der Waals surface area contributed by atoms with Crippen LogP contribution in [-0.2, 0) is 19.4 Å². The van der Waals surface area contributed by atoms with E-state index in [0.717, 1.165) is 12.3 Å². The first-order chi connectivity index (χ1) is 7.86. The molecule has 0 bridgehead atoms. The summed E-state index contributed by atoms with van der Waals surface area (Å²) in [6.07, 6.45) is 1.03. The lowest BCUT2D eigenvalue weighted by Gasteiger charge is -2.03. The van der Waals surface area contributed by atoms with E-state index in [2.05, 4.69) is 4.74 Å². The minimum Gasteiger partial charge on any atom is -0.460 e. The maximum atomic E-state index is 11.5. The SMILES string of the molecule is CCOC(=O)C(=O)c1cccc(S(C)(=O)=O)c1. The van der Waals surface area contributed by atoms with E-state index >= 15 is 0 Å². The van der Waals surface area contributed by atoms with Crippen LogP contribution in [0.1, 0.15) is 17.3 Å². The molecule has 5 nitrogen and oxygen atoms in total. The van der Waals surface area contributed by atoms with E-state index in [-0.39, 0.29) is 17.1 Å². The lowest BCUT2D eigenvalue weighted by Crippen LogP contribution is -2.17. The van der Waals surface area contributed by atoms with Crippen LogP contribution in [0.25, 0.3) is 0 Å². The third kappa shape index (κ3) is 3.39. The fraction of sp³-hybridized carbons (Fsp3) is 0.273. The lowest BCUT2D eigenvalue weighted by atomic mass is 10.1. The van der Waals surface area contributed by atoms with Crippen molar-refractivity contribution in [2.75, 3.05) is 12.9 Å². The zero-order valence-electron chi connectivity index (χ0n) is 9.47. The molecule has 17 heavy (non-hydrogen) atoms. The first-order valence-electron chi connectivity index (χ1n) is 4.88. The van der Waals surface area contributed by atoms with Crippen molar-refractivity contribution >= 4 is 21.6 Å². The quantitative estimate of drug-likeness (QED) is 0.453. The molecule has 1 rings (SSSR count). The Morgan fingerprint density at radius 2 is 1.94 bits per heavy atom. The molecule has 92 valence electrons. The van der Waals surface area contributed by atoms with E-state index in [1.165, 1.54) is 18.2 Å². The monoisotopic (exact) mass is 256 g/mol. The largest absolute Gasteiger partial charge is 0.460 e. The molecule has 0 atom stereocenters. The van der Waals surface area contributed by atoms with Gasteiger partial charge in [0.2, 0.25) is 0 Å². The van der Waals surface area contributed by atoms with E-state index < -0.39 is 21.6 Å². The average Bonchev–Trinajstić information content (AvgIpc) is 2.27. The second-order valence-electron chi connectivity index (χ2n) is 3.35. The molecule has 0 heterocycles. The third-order valence-electron chi connectivity index (χ3n) is 1.99. The van der Waals surface area contributed by atoms with Crippen molar-refractivity contribution in [3.8, 4) is 0 Å². The molecular formula is C11H12O5S. The molecule has 0 spiro atoms. The van der Waals surface area contributed by atoms with Crippen LogP contribution in [0, 0.1) is 0 Å². The van der Waals surface area contributed by atoms with Crippen molar-refractivity contribution in [3.63, 3.8) is 0 Å². The topological polar surface area (TPSA) is 77.5 Å². The van der Waals surface area contributed by atoms with Crippen molar-refractivity contribution in [3.05, 3.63) is 29.8 Å². The number of hydrogen-bond donors (Lipinski definition) is 0. The highest BCUT2D eigenvalue weighted by atomic mass is 32.2. The number of ketones is 1. The van der Waals surface area contributed by atoms with Crippen LogP contribution in [0.5, 0.6) is 0 Å². The number of carbonyl (C=O) groups excluding carboxylic acids is 2. The second-order valence-corrected chi connectivity index (χ2v) is 5.37. The van der Waals surface area contributed by atoms with Gasteiger partial charge in [-0.05, 0) is 19.1 Å². The number of ether oxygens (including phenoxy) is 1. The fourth-order valence-electron chi connectivity index (χ4n) is 1.18. The Hall–Kier alpha value is -1.69. The molecule has 0 aliphatic carbocycles. The van der Waals surface area contributed by atoms with E-state index in [1.54, 1.807) is 6.92 Å². The molecule has 0 unspecified atom stereocenters. The van der Waals surface area contributed by atoms with Gasteiger partial charge in [-0.15, -0.1) is 0 Å². The van der Waals surface area contributed by atoms with Crippen LogP contribution in [0.3, 0.4) is 0 Å². The van der Waals surface area contributed by atoms with Crippen LogP contribution >= 0.6 is 0 Å². The first kappa shape index (κ1) is 13.4. The van der Waals surface area contributed by atoms with Crippen molar-refractivity contribution in [2.24, 2.45) is 0 Å². The summed E-state index contributed by atoms with van der Waals surface area (Å²) in [6, 6.07) is 5.29. The number of carbonyl (C=O) groups is 2. The molecule has 0 aliphatic heterocycles. The Labute approximate surface area is 99.3 Å². The Balaban J connectivity index is 3.09. The number of sulfone groups is 1. The third-order valence-corrected chi connectivity index (χ3v) is 3.10. The molecule has 0 N–H and O–H groups in total. The van der Waals surface area contributed by atoms with Crippen molar-refractivity contribution in [1.82, 2.24) is 0 Å². The molecule has 1 aromatic rings. The molecular weight excluding hydrogens is 244 g/mol. The van der Waals surface area contributed by atoms with Crippen molar-refractivity contribution in [2.45, 2.75) is 11.8 Å². The van der Waals surface area contributed by atoms with Gasteiger partial charge in [0.1, 0.15) is 0 Å². The highest BCUT2D eigenvalue weighted by Gasteiger charge is 2.19. The van der Waals surface area contributed by atoms with Crippen LogP contribution in [0.4, 0.5) is 0 Å². The van der Waals surface area contributed by atoms with Gasteiger partial charge in [0.05, 0.1) is 11.5 Å². The van der Waals surface area contributed by atoms with Gasteiger partial charge in [0.25, 0.3) is 5.78 Å². The zero-order valence-corrected chi connectivity index (χ0v) is 10.3. The Morgan fingerprint density at radius 1 is 1.29 bits per heavy atom. The van der Waals surface area contributed by atoms with Gasteiger partial charge >= 0.3 is 5.97 Å². The van der Waals surface area contributed by atoms with Gasteiger partial charge in [-0.1, -0.05) is 12.1 Å². The molecule has 6 heteroatoms. The van der Waals surface area contributed by atoms with E-state index in [9.17, 15) is 18.0 Å². The summed E-state index contributed by atoms with van der Waals surface area (Å²) in [5, 5.41) is 0. The first-order valence-corrected chi connectivity index (χ1v) is 6.77. The second kappa shape index (κ2) is 5.09. The van der Waals surface area contributed by atoms with Crippen molar-refractivity contribution in [1.29, 1.82) is 0 Å². The van der Waals surface area contributed by atoms with Crippen LogP contribution in [0.2, 0.25) is 0 Å². The Bertz CT molecular complexity index is 545. The highest BCUT2D eigenvalue weighted by molar-refractivity contribution is 7.90. The molecule has 0 saturated heterocycles. The van der Waals surface area contributed by atoms with E-state index in [1.807, 2.05) is 0 Å². The van der Waals surface area contributed by atoms with Gasteiger partial charge < -0.3 is 4.74 Å². The van der Waals surface area contributed by atoms with Gasteiger partial charge in [0, 0.05) is 11.8 Å². The summed E-state index contributed by atoms with van der Waals surface area (Å²) in [7, 11) is -3.40. The average molecular weight is 256 g/mol. The highest BCUT2D eigenvalue weighted by Crippen LogP contribution is 2.12. The summed E-state index contributed by atoms with van der Waals surface area (Å²) >= 11 is 0. The standard InChI is InChI=1S/C11H12O5S/c1-3-16-11(13)10(12)8-5-4-6-9(7-8)17(2,14)15/h4-7H,3H2,1-2H3. The molecule has 0 saturated carbocycles. The van der Waals surface area contributed by atoms with Crippen LogP contribution in [0.15, 0.2) is 29.2 Å². The van der Waals surface area contributed by atoms with Gasteiger partial charge in [-0.25, -0.2) is 13.2 Å². The molecule has 0 radical (unpaired) electrons. The number of esters is 1. The number of hydrogen-bond acceptors (Lipinski definition) is 5. The molecule has 0 fully saturated rings. The number of benzene rings is 1. The minimum atomic E-state index is -3.40. The van der Waals surface area contributed by atoms with Gasteiger partial charge in [-0.3, -0.25) is 4.79 Å². The summed E-state index contributed by atoms with van der Waals surface area (Å²) in [4.78, 5) is 22.7. The molecule has 0 amide bonds. The van der Waals surface area contributed by atoms with E-state index in [0.29, 0.717) is 0 Å². The Kier molecular flexibility index (Phi) is 4.01. The summed E-state index contributed by atoms with van der Waals surface area (Å²) in [5.74, 6) is -1.84. The summed E-state index contributed by atoms with van der Waals surface area (Å²) < 4.78 is 27.1. The zero-order chi connectivity index (χ0) is 13.1. The Morgan fingerprint density at radius 3 is 2.47 bits per heavy atom. The number of rotatable bonds is 4. The fourth-order valence-corrected chi connectivity index (χ4v) is 1.85. The smallest absolute Gasteiger partial charge is 0.379 e. The number of Topliss-reactive ketones (excluding diaryl/α,β-unsaturated/α-hetero) is 1. The maximum Gasteiger partial charge on any atom is 0.379 e. The summed E-state index contributed by atoms with van der Waals surface area (Å²) in [5.41, 5.74) is 0.00590. The van der Waals surface area contributed by atoms with Crippen LogP contribution in [-0.4, -0.2) is 33.0 Å². The molecule has 1 aromatic carbocycles.